The molecule has 1 atom stereocenters. The van der Waals surface area contributed by atoms with Gasteiger partial charge in [0.05, 0.1) is 11.5 Å². The van der Waals surface area contributed by atoms with Crippen molar-refractivity contribution in [2.24, 2.45) is 0 Å². The van der Waals surface area contributed by atoms with Crippen molar-refractivity contribution in [2.75, 3.05) is 19.8 Å². The highest BCUT2D eigenvalue weighted by Gasteiger charge is 2.39. The van der Waals surface area contributed by atoms with Crippen LogP contribution in [-0.2, 0) is 23.1 Å². The van der Waals surface area contributed by atoms with Crippen LogP contribution < -0.4 is 4.74 Å². The molecule has 0 bridgehead atoms. The van der Waals surface area contributed by atoms with Crippen LogP contribution in [0.4, 0.5) is 0 Å². The second kappa shape index (κ2) is 11.5. The number of aliphatic hydroxyl groups excluding tert-OH is 1. The number of hydrogen-bond acceptors (Lipinski definition) is 7. The third kappa shape index (κ3) is 12.9. The quantitative estimate of drug-likeness (QED) is 0.220. The number of rotatable bonds is 14. The van der Waals surface area contributed by atoms with E-state index in [1.807, 2.05) is 0 Å². The van der Waals surface area contributed by atoms with E-state index in [0.29, 0.717) is 12.4 Å². The largest absolute Gasteiger partial charge is 0.491 e. The minimum atomic E-state index is -4.24. The first-order valence-corrected chi connectivity index (χ1v) is 21.1. The van der Waals surface area contributed by atoms with Gasteiger partial charge in [0.15, 0.2) is 16.6 Å². The van der Waals surface area contributed by atoms with Crippen molar-refractivity contribution in [3.05, 3.63) is 24.3 Å². The van der Waals surface area contributed by atoms with E-state index in [0.717, 1.165) is 12.5 Å². The minimum Gasteiger partial charge on any atom is -0.491 e. The Morgan fingerprint density at radius 3 is 1.87 bits per heavy atom. The minimum absolute atomic E-state index is 0.00908. The maximum absolute atomic E-state index is 11.0. The van der Waals surface area contributed by atoms with Crippen molar-refractivity contribution in [2.45, 2.75) is 69.3 Å². The van der Waals surface area contributed by atoms with Crippen molar-refractivity contribution in [1.29, 1.82) is 0 Å². The molecule has 0 aliphatic carbocycles. The summed E-state index contributed by atoms with van der Waals surface area (Å²) < 4.78 is 55.0. The molecule has 0 fully saturated rings. The molecule has 8 nitrogen and oxygen atoms in total. The van der Waals surface area contributed by atoms with Gasteiger partial charge in [-0.05, 0) is 82.6 Å². The van der Waals surface area contributed by atoms with Crippen LogP contribution in [0.15, 0.2) is 29.2 Å². The molecule has 0 aliphatic rings. The average Bonchev–Trinajstić information content (AvgIpc) is 2.55. The van der Waals surface area contributed by atoms with Gasteiger partial charge < -0.3 is 22.8 Å². The van der Waals surface area contributed by atoms with Gasteiger partial charge in [-0.15, -0.1) is 0 Å². The van der Waals surface area contributed by atoms with E-state index in [2.05, 4.69) is 45.8 Å². The molecule has 1 aromatic carbocycles. The summed E-state index contributed by atoms with van der Waals surface area (Å²) in [6, 6.07) is 6.14. The lowest BCUT2D eigenvalue weighted by molar-refractivity contribution is 0.0120. The molecule has 0 spiro atoms. The summed E-state index contributed by atoms with van der Waals surface area (Å²) in [5.74, 6) is 0.389. The topological polar surface area (TPSA) is 112 Å². The van der Waals surface area contributed by atoms with Gasteiger partial charge >= 0.3 is 8.56 Å². The molecule has 0 aliphatic heterocycles. The van der Waals surface area contributed by atoms with Gasteiger partial charge in [-0.3, -0.25) is 4.55 Å². The van der Waals surface area contributed by atoms with Crippen molar-refractivity contribution in [3.8, 4) is 5.75 Å². The number of ether oxygens (including phenoxy) is 2. The fourth-order valence-electron chi connectivity index (χ4n) is 3.08. The van der Waals surface area contributed by atoms with Gasteiger partial charge in [-0.25, -0.2) is 0 Å². The molecule has 0 aromatic heterocycles. The fourth-order valence-corrected chi connectivity index (χ4v) is 16.1. The molecular formula is C19H38O8SSi3. The number of benzene rings is 1. The van der Waals surface area contributed by atoms with E-state index in [1.54, 1.807) is 0 Å². The van der Waals surface area contributed by atoms with Crippen molar-refractivity contribution < 1.29 is 35.8 Å². The predicted molar refractivity (Wildman–Crippen MR) is 128 cm³/mol. The normalized spacial score (nSPS) is 14.5. The average molecular weight is 511 g/mol. The highest BCUT2D eigenvalue weighted by Crippen LogP contribution is 2.25. The summed E-state index contributed by atoms with van der Waals surface area (Å²) >= 11 is 0. The maximum Gasteiger partial charge on any atom is 0.314 e. The first kappa shape index (κ1) is 28.5. The van der Waals surface area contributed by atoms with Gasteiger partial charge in [0.25, 0.3) is 10.1 Å². The summed E-state index contributed by atoms with van der Waals surface area (Å²) in [6.07, 6.45) is -0.0242. The smallest absolute Gasteiger partial charge is 0.314 e. The highest BCUT2D eigenvalue weighted by molar-refractivity contribution is 7.85. The maximum atomic E-state index is 11.0. The SMILES string of the molecule is C[Si](C)(C)O[Si](C)(CCCOCC(O)COc1ccc(S(=O)(=O)O)cc1)O[Si](C)(C)C. The van der Waals surface area contributed by atoms with Crippen LogP contribution in [0.5, 0.6) is 5.75 Å². The van der Waals surface area contributed by atoms with E-state index in [-0.39, 0.29) is 18.1 Å². The molecule has 0 heterocycles. The highest BCUT2D eigenvalue weighted by atomic mass is 32.2. The van der Waals surface area contributed by atoms with Crippen LogP contribution in [0.1, 0.15) is 6.42 Å². The molecular weight excluding hydrogens is 473 g/mol. The fraction of sp³-hybridized carbons (Fsp3) is 0.684. The molecule has 0 amide bonds. The van der Waals surface area contributed by atoms with Crippen molar-refractivity contribution >= 4 is 35.3 Å². The zero-order valence-electron chi connectivity index (χ0n) is 19.7. The molecule has 0 radical (unpaired) electrons. The molecule has 31 heavy (non-hydrogen) atoms. The lowest BCUT2D eigenvalue weighted by Crippen LogP contribution is -2.52. The van der Waals surface area contributed by atoms with Gasteiger partial charge in [0.2, 0.25) is 0 Å². The van der Waals surface area contributed by atoms with Gasteiger partial charge in [0, 0.05) is 6.61 Å². The molecule has 2 N–H and O–H groups in total. The lowest BCUT2D eigenvalue weighted by atomic mass is 10.3. The Morgan fingerprint density at radius 2 is 1.42 bits per heavy atom. The molecule has 12 heteroatoms. The summed E-state index contributed by atoms with van der Waals surface area (Å²) in [6.45, 7) is 15.8. The van der Waals surface area contributed by atoms with Gasteiger partial charge in [0.1, 0.15) is 18.5 Å². The zero-order valence-corrected chi connectivity index (χ0v) is 23.5. The Morgan fingerprint density at radius 1 is 0.903 bits per heavy atom. The molecule has 1 unspecified atom stereocenters. The Bertz CT molecular complexity index is 757. The molecule has 1 rings (SSSR count). The van der Waals surface area contributed by atoms with Gasteiger partial charge in [-0.2, -0.15) is 8.42 Å². The zero-order chi connectivity index (χ0) is 23.9. The van der Waals surface area contributed by atoms with Crippen molar-refractivity contribution in [3.63, 3.8) is 0 Å². The Labute approximate surface area is 190 Å². The second-order valence-electron chi connectivity index (χ2n) is 9.65. The lowest BCUT2D eigenvalue weighted by Gasteiger charge is -2.38. The Kier molecular flexibility index (Phi) is 10.6. The summed E-state index contributed by atoms with van der Waals surface area (Å²) in [4.78, 5) is -0.213. The van der Waals surface area contributed by atoms with E-state index >= 15 is 0 Å². The van der Waals surface area contributed by atoms with Crippen LogP contribution in [0.2, 0.25) is 51.9 Å². The van der Waals surface area contributed by atoms with E-state index in [1.165, 1.54) is 24.3 Å². The Balaban J connectivity index is 2.38. The van der Waals surface area contributed by atoms with Crippen LogP contribution in [0.25, 0.3) is 0 Å². The Hall–Kier alpha value is -0.579. The van der Waals surface area contributed by atoms with E-state index < -0.39 is 41.4 Å². The number of hydrogen-bond donors (Lipinski definition) is 2. The van der Waals surface area contributed by atoms with Crippen LogP contribution in [0.3, 0.4) is 0 Å². The summed E-state index contributed by atoms with van der Waals surface area (Å²) in [7, 11) is -9.96. The van der Waals surface area contributed by atoms with Crippen LogP contribution in [-0.4, -0.2) is 69.2 Å². The molecule has 180 valence electrons. The summed E-state index contributed by atoms with van der Waals surface area (Å²) in [5, 5.41) is 10.0. The first-order valence-electron chi connectivity index (χ1n) is 10.4. The first-order chi connectivity index (χ1) is 14.0. The summed E-state index contributed by atoms with van der Waals surface area (Å²) in [5.41, 5.74) is 0. The molecule has 0 saturated heterocycles. The molecule has 1 aromatic rings. The molecule has 0 saturated carbocycles. The second-order valence-corrected chi connectivity index (χ2v) is 23.9. The van der Waals surface area contributed by atoms with Crippen LogP contribution in [0, 0.1) is 0 Å². The number of aliphatic hydroxyl groups is 1. The van der Waals surface area contributed by atoms with E-state index in [4.69, 9.17) is 22.3 Å². The standard InChI is InChI=1S/C19H38O8SSi3/c1-29(2,3)26-31(7,27-30(4,5)6)14-8-13-24-15-17(20)16-25-18-9-11-19(12-10-18)28(21,22)23/h9-12,17,20H,8,13-16H2,1-7H3,(H,21,22,23). The van der Waals surface area contributed by atoms with Crippen molar-refractivity contribution in [1.82, 2.24) is 0 Å². The third-order valence-electron chi connectivity index (χ3n) is 3.84. The van der Waals surface area contributed by atoms with Gasteiger partial charge in [-0.1, -0.05) is 0 Å². The van der Waals surface area contributed by atoms with E-state index in [9.17, 15) is 13.5 Å². The third-order valence-corrected chi connectivity index (χ3v) is 14.3. The predicted octanol–water partition coefficient (Wildman–Crippen LogP) is 3.85. The van der Waals surface area contributed by atoms with Crippen LogP contribution >= 0.6 is 0 Å². The monoisotopic (exact) mass is 510 g/mol.